The molecule has 10 heteroatoms. The Labute approximate surface area is 144 Å². The van der Waals surface area contributed by atoms with E-state index in [0.717, 1.165) is 23.5 Å². The van der Waals surface area contributed by atoms with Crippen LogP contribution >= 0.6 is 11.3 Å². The molecule has 0 unspecified atom stereocenters. The highest BCUT2D eigenvalue weighted by molar-refractivity contribution is 7.20. The van der Waals surface area contributed by atoms with Crippen LogP contribution in [0.2, 0.25) is 0 Å². The molecule has 0 radical (unpaired) electrons. The van der Waals surface area contributed by atoms with Gasteiger partial charge in [0.15, 0.2) is 5.01 Å². The minimum absolute atomic E-state index is 0.122. The van der Waals surface area contributed by atoms with Gasteiger partial charge in [0.1, 0.15) is 6.61 Å². The molecular formula is C15H14F3N3O3S. The summed E-state index contributed by atoms with van der Waals surface area (Å²) in [5.74, 6) is -0.766. The van der Waals surface area contributed by atoms with Crippen LogP contribution in [0, 0.1) is 0 Å². The fourth-order valence-electron chi connectivity index (χ4n) is 2.59. The maximum Gasteiger partial charge on any atom is 0.416 e. The van der Waals surface area contributed by atoms with Crippen LogP contribution < -0.4 is 0 Å². The van der Waals surface area contributed by atoms with Gasteiger partial charge < -0.3 is 14.9 Å². The Bertz CT molecular complexity index is 813. The fourth-order valence-corrected chi connectivity index (χ4v) is 3.50. The molecule has 1 aliphatic heterocycles. The van der Waals surface area contributed by atoms with Gasteiger partial charge in [0, 0.05) is 26.2 Å². The number of piperazine rings is 1. The topological polar surface area (TPSA) is 73.7 Å². The SMILES string of the molecule is O=C(CO)N1CCN(C(=O)c2nc3cc(C(F)(F)F)ccc3s2)CC1. The number of benzene rings is 1. The van der Waals surface area contributed by atoms with Crippen LogP contribution in [0.5, 0.6) is 0 Å². The van der Waals surface area contributed by atoms with E-state index in [1.807, 2.05) is 0 Å². The van der Waals surface area contributed by atoms with Gasteiger partial charge in [-0.1, -0.05) is 0 Å². The lowest BCUT2D eigenvalue weighted by atomic mass is 10.2. The van der Waals surface area contributed by atoms with E-state index in [4.69, 9.17) is 5.11 Å². The number of fused-ring (bicyclic) bond motifs is 1. The molecule has 2 amide bonds. The second-order valence-electron chi connectivity index (χ2n) is 5.53. The predicted octanol–water partition coefficient (Wildman–Crippen LogP) is 1.59. The van der Waals surface area contributed by atoms with Gasteiger partial charge in [-0.05, 0) is 18.2 Å². The first-order chi connectivity index (χ1) is 11.8. The fraction of sp³-hybridized carbons (Fsp3) is 0.400. The molecule has 1 saturated heterocycles. The quantitative estimate of drug-likeness (QED) is 0.868. The number of aliphatic hydroxyl groups is 1. The van der Waals surface area contributed by atoms with E-state index in [1.165, 1.54) is 15.9 Å². The monoisotopic (exact) mass is 373 g/mol. The molecule has 25 heavy (non-hydrogen) atoms. The van der Waals surface area contributed by atoms with Crippen LogP contribution in [0.1, 0.15) is 15.4 Å². The summed E-state index contributed by atoms with van der Waals surface area (Å²) in [7, 11) is 0. The van der Waals surface area contributed by atoms with E-state index in [0.29, 0.717) is 17.8 Å². The van der Waals surface area contributed by atoms with Gasteiger partial charge in [0.2, 0.25) is 5.91 Å². The first kappa shape index (κ1) is 17.6. The molecule has 1 N–H and O–H groups in total. The number of alkyl halides is 3. The lowest BCUT2D eigenvalue weighted by Gasteiger charge is -2.34. The molecule has 1 aliphatic rings. The molecule has 0 spiro atoms. The highest BCUT2D eigenvalue weighted by Crippen LogP contribution is 2.33. The minimum atomic E-state index is -4.46. The molecule has 1 aromatic carbocycles. The van der Waals surface area contributed by atoms with Crippen molar-refractivity contribution in [1.29, 1.82) is 0 Å². The number of halogens is 3. The maximum absolute atomic E-state index is 12.8. The zero-order valence-electron chi connectivity index (χ0n) is 12.9. The summed E-state index contributed by atoms with van der Waals surface area (Å²) in [5, 5.41) is 8.96. The molecular weight excluding hydrogens is 359 g/mol. The third-order valence-electron chi connectivity index (χ3n) is 3.95. The van der Waals surface area contributed by atoms with Gasteiger partial charge in [0.25, 0.3) is 5.91 Å². The van der Waals surface area contributed by atoms with Gasteiger partial charge in [-0.2, -0.15) is 13.2 Å². The number of aliphatic hydroxyl groups excluding tert-OH is 1. The van der Waals surface area contributed by atoms with Gasteiger partial charge >= 0.3 is 6.18 Å². The van der Waals surface area contributed by atoms with Gasteiger partial charge in [-0.25, -0.2) is 4.98 Å². The van der Waals surface area contributed by atoms with Crippen LogP contribution in [-0.2, 0) is 11.0 Å². The maximum atomic E-state index is 12.8. The van der Waals surface area contributed by atoms with E-state index in [1.54, 1.807) is 0 Å². The first-order valence-electron chi connectivity index (χ1n) is 7.45. The minimum Gasteiger partial charge on any atom is -0.387 e. The lowest BCUT2D eigenvalue weighted by Crippen LogP contribution is -2.51. The Kier molecular flexibility index (Phi) is 4.65. The number of nitrogens with zero attached hydrogens (tertiary/aromatic N) is 3. The Morgan fingerprint density at radius 3 is 2.40 bits per heavy atom. The van der Waals surface area contributed by atoms with Crippen LogP contribution in [0.25, 0.3) is 10.2 Å². The number of hydrogen-bond acceptors (Lipinski definition) is 5. The van der Waals surface area contributed by atoms with Crippen molar-refractivity contribution < 1.29 is 27.9 Å². The predicted molar refractivity (Wildman–Crippen MR) is 84.2 cm³/mol. The van der Waals surface area contributed by atoms with Crippen LogP contribution in [0.3, 0.4) is 0 Å². The summed E-state index contributed by atoms with van der Waals surface area (Å²) < 4.78 is 38.8. The molecule has 0 bridgehead atoms. The van der Waals surface area contributed by atoms with Crippen molar-refractivity contribution in [3.63, 3.8) is 0 Å². The lowest BCUT2D eigenvalue weighted by molar-refractivity contribution is -0.137. The second kappa shape index (κ2) is 6.60. The van der Waals surface area contributed by atoms with Crippen molar-refractivity contribution in [3.05, 3.63) is 28.8 Å². The summed E-state index contributed by atoms with van der Waals surface area (Å²) in [6.07, 6.45) is -4.46. The average molecular weight is 373 g/mol. The van der Waals surface area contributed by atoms with Crippen molar-refractivity contribution in [2.24, 2.45) is 0 Å². The molecule has 134 valence electrons. The van der Waals surface area contributed by atoms with Crippen molar-refractivity contribution in [3.8, 4) is 0 Å². The highest BCUT2D eigenvalue weighted by atomic mass is 32.1. The van der Waals surface area contributed by atoms with Gasteiger partial charge in [0.05, 0.1) is 15.8 Å². The number of carbonyl (C=O) groups is 2. The van der Waals surface area contributed by atoms with Crippen LogP contribution in [0.15, 0.2) is 18.2 Å². The smallest absolute Gasteiger partial charge is 0.387 e. The van der Waals surface area contributed by atoms with Crippen molar-refractivity contribution in [2.45, 2.75) is 6.18 Å². The molecule has 2 aromatic rings. The van der Waals surface area contributed by atoms with E-state index >= 15 is 0 Å². The molecule has 1 aromatic heterocycles. The molecule has 0 atom stereocenters. The van der Waals surface area contributed by atoms with E-state index in [9.17, 15) is 22.8 Å². The summed E-state index contributed by atoms with van der Waals surface area (Å²) >= 11 is 1.04. The van der Waals surface area contributed by atoms with Gasteiger partial charge in [-0.3, -0.25) is 9.59 Å². The molecule has 6 nitrogen and oxygen atoms in total. The average Bonchev–Trinajstić information content (AvgIpc) is 3.03. The normalized spacial score (nSPS) is 15.7. The highest BCUT2D eigenvalue weighted by Gasteiger charge is 2.31. The number of carbonyl (C=O) groups excluding carboxylic acids is 2. The van der Waals surface area contributed by atoms with Gasteiger partial charge in [-0.15, -0.1) is 11.3 Å². The van der Waals surface area contributed by atoms with E-state index in [-0.39, 0.29) is 29.5 Å². The number of rotatable bonds is 2. The third kappa shape index (κ3) is 3.59. The molecule has 0 aliphatic carbocycles. The molecule has 2 heterocycles. The number of hydrogen-bond donors (Lipinski definition) is 1. The van der Waals surface area contributed by atoms with Crippen LogP contribution in [-0.4, -0.2) is 64.5 Å². The second-order valence-corrected chi connectivity index (χ2v) is 6.56. The van der Waals surface area contributed by atoms with Crippen molar-refractivity contribution >= 4 is 33.4 Å². The zero-order valence-corrected chi connectivity index (χ0v) is 13.7. The Morgan fingerprint density at radius 1 is 1.16 bits per heavy atom. The summed E-state index contributed by atoms with van der Waals surface area (Å²) in [5.41, 5.74) is -0.669. The molecule has 3 rings (SSSR count). The Hall–Kier alpha value is -2.20. The zero-order chi connectivity index (χ0) is 18.2. The van der Waals surface area contributed by atoms with Crippen molar-refractivity contribution in [2.75, 3.05) is 32.8 Å². The summed E-state index contributed by atoms with van der Waals surface area (Å²) in [6, 6.07) is 3.21. The van der Waals surface area contributed by atoms with Crippen LogP contribution in [0.4, 0.5) is 13.2 Å². The van der Waals surface area contributed by atoms with E-state index < -0.39 is 24.3 Å². The largest absolute Gasteiger partial charge is 0.416 e. The Morgan fingerprint density at radius 2 is 1.80 bits per heavy atom. The van der Waals surface area contributed by atoms with Crippen molar-refractivity contribution in [1.82, 2.24) is 14.8 Å². The molecule has 0 saturated carbocycles. The third-order valence-corrected chi connectivity index (χ3v) is 4.98. The summed E-state index contributed by atoms with van der Waals surface area (Å²) in [4.78, 5) is 30.9. The first-order valence-corrected chi connectivity index (χ1v) is 8.27. The Balaban J connectivity index is 1.76. The summed E-state index contributed by atoms with van der Waals surface area (Å²) in [6.45, 7) is 0.596. The number of thiazole rings is 1. The number of aromatic nitrogens is 1. The number of amides is 2. The standard InChI is InChI=1S/C15H14F3N3O3S/c16-15(17,18)9-1-2-11-10(7-9)19-13(25-11)14(24)21-5-3-20(4-6-21)12(23)8-22/h1-2,7,22H,3-6,8H2. The van der Waals surface area contributed by atoms with E-state index in [2.05, 4.69) is 4.98 Å². The molecule has 1 fully saturated rings.